The van der Waals surface area contributed by atoms with E-state index in [1.165, 1.54) is 0 Å². The molecule has 4 nitrogen and oxygen atoms in total. The molecule has 0 spiro atoms. The largest absolute Gasteiger partial charge is 0.460 e. The Hall–Kier alpha value is -1.39. The van der Waals surface area contributed by atoms with Gasteiger partial charge >= 0.3 is 5.97 Å². The maximum Gasteiger partial charge on any atom is 0.338 e. The Bertz CT molecular complexity index is 322. The number of hydrogen-bond donors (Lipinski definition) is 1. The fourth-order valence-corrected chi connectivity index (χ4v) is 1.20. The SMILES string of the molecule is CCOCCOC(=O)c1ccc(CN)cc1. The molecule has 0 atom stereocenters. The van der Waals surface area contributed by atoms with Gasteiger partial charge in [0.2, 0.25) is 0 Å². The number of benzene rings is 1. The van der Waals surface area contributed by atoms with Crippen LogP contribution in [0.5, 0.6) is 0 Å². The molecule has 4 heteroatoms. The minimum Gasteiger partial charge on any atom is -0.460 e. The van der Waals surface area contributed by atoms with Crippen LogP contribution < -0.4 is 5.73 Å². The molecule has 0 saturated carbocycles. The number of ether oxygens (including phenoxy) is 2. The Balaban J connectivity index is 2.40. The molecule has 0 unspecified atom stereocenters. The molecule has 0 bridgehead atoms. The number of hydrogen-bond acceptors (Lipinski definition) is 4. The summed E-state index contributed by atoms with van der Waals surface area (Å²) in [5.74, 6) is -0.330. The molecule has 0 saturated heterocycles. The first-order chi connectivity index (χ1) is 7.77. The van der Waals surface area contributed by atoms with Crippen LogP contribution in [0.2, 0.25) is 0 Å². The van der Waals surface area contributed by atoms with Gasteiger partial charge in [-0.15, -0.1) is 0 Å². The van der Waals surface area contributed by atoms with Crippen molar-refractivity contribution in [1.29, 1.82) is 0 Å². The molecule has 1 aromatic rings. The highest BCUT2D eigenvalue weighted by Crippen LogP contribution is 2.05. The molecule has 0 aromatic heterocycles. The van der Waals surface area contributed by atoms with E-state index in [0.717, 1.165) is 5.56 Å². The van der Waals surface area contributed by atoms with Crippen molar-refractivity contribution in [2.45, 2.75) is 13.5 Å². The van der Waals surface area contributed by atoms with Gasteiger partial charge in [0.1, 0.15) is 6.61 Å². The van der Waals surface area contributed by atoms with Crippen LogP contribution >= 0.6 is 0 Å². The van der Waals surface area contributed by atoms with Gasteiger partial charge in [0.25, 0.3) is 0 Å². The average molecular weight is 223 g/mol. The number of esters is 1. The first kappa shape index (κ1) is 12.7. The second-order valence-corrected chi connectivity index (χ2v) is 3.23. The van der Waals surface area contributed by atoms with Gasteiger partial charge in [0, 0.05) is 13.2 Å². The van der Waals surface area contributed by atoms with Crippen molar-refractivity contribution >= 4 is 5.97 Å². The van der Waals surface area contributed by atoms with Crippen molar-refractivity contribution in [2.24, 2.45) is 5.73 Å². The maximum atomic E-state index is 11.5. The zero-order chi connectivity index (χ0) is 11.8. The van der Waals surface area contributed by atoms with Crippen LogP contribution in [0.4, 0.5) is 0 Å². The van der Waals surface area contributed by atoms with Crippen molar-refractivity contribution in [1.82, 2.24) is 0 Å². The van der Waals surface area contributed by atoms with E-state index in [1.807, 2.05) is 19.1 Å². The second kappa shape index (κ2) is 6.98. The standard InChI is InChI=1S/C12H17NO3/c1-2-15-7-8-16-12(14)11-5-3-10(9-13)4-6-11/h3-6H,2,7-9,13H2,1H3. The Labute approximate surface area is 95.3 Å². The van der Waals surface area contributed by atoms with E-state index in [1.54, 1.807) is 12.1 Å². The number of rotatable bonds is 6. The van der Waals surface area contributed by atoms with Gasteiger partial charge < -0.3 is 15.2 Å². The molecule has 16 heavy (non-hydrogen) atoms. The average Bonchev–Trinajstić information content (AvgIpc) is 2.34. The van der Waals surface area contributed by atoms with Crippen LogP contribution in [-0.4, -0.2) is 25.8 Å². The van der Waals surface area contributed by atoms with Crippen molar-refractivity contribution in [2.75, 3.05) is 19.8 Å². The summed E-state index contributed by atoms with van der Waals surface area (Å²) >= 11 is 0. The number of carbonyl (C=O) groups excluding carboxylic acids is 1. The third-order valence-electron chi connectivity index (χ3n) is 2.09. The zero-order valence-corrected chi connectivity index (χ0v) is 9.44. The van der Waals surface area contributed by atoms with E-state index in [4.69, 9.17) is 15.2 Å². The summed E-state index contributed by atoms with van der Waals surface area (Å²) in [6, 6.07) is 7.06. The van der Waals surface area contributed by atoms with Crippen molar-refractivity contribution in [3.8, 4) is 0 Å². The van der Waals surface area contributed by atoms with E-state index in [2.05, 4.69) is 0 Å². The fourth-order valence-electron chi connectivity index (χ4n) is 1.20. The van der Waals surface area contributed by atoms with Crippen LogP contribution in [-0.2, 0) is 16.0 Å². The summed E-state index contributed by atoms with van der Waals surface area (Å²) in [4.78, 5) is 11.5. The highest BCUT2D eigenvalue weighted by molar-refractivity contribution is 5.89. The number of carbonyl (C=O) groups is 1. The summed E-state index contributed by atoms with van der Waals surface area (Å²) in [6.45, 7) is 3.71. The van der Waals surface area contributed by atoms with Crippen LogP contribution in [0.25, 0.3) is 0 Å². The van der Waals surface area contributed by atoms with Gasteiger partial charge in [-0.05, 0) is 24.6 Å². The smallest absolute Gasteiger partial charge is 0.338 e. The first-order valence-corrected chi connectivity index (χ1v) is 5.31. The lowest BCUT2D eigenvalue weighted by atomic mass is 10.1. The van der Waals surface area contributed by atoms with Gasteiger partial charge in [-0.1, -0.05) is 12.1 Å². The summed E-state index contributed by atoms with van der Waals surface area (Å²) in [7, 11) is 0. The molecule has 2 N–H and O–H groups in total. The molecular formula is C12H17NO3. The predicted molar refractivity (Wildman–Crippen MR) is 61.1 cm³/mol. The Kier molecular flexibility index (Phi) is 5.53. The van der Waals surface area contributed by atoms with Crippen LogP contribution in [0.15, 0.2) is 24.3 Å². The van der Waals surface area contributed by atoms with Gasteiger partial charge in [0.05, 0.1) is 12.2 Å². The van der Waals surface area contributed by atoms with E-state index in [0.29, 0.717) is 25.3 Å². The molecule has 88 valence electrons. The molecule has 0 fully saturated rings. The lowest BCUT2D eigenvalue weighted by molar-refractivity contribution is 0.0335. The normalized spacial score (nSPS) is 10.1. The topological polar surface area (TPSA) is 61.5 Å². The monoisotopic (exact) mass is 223 g/mol. The van der Waals surface area contributed by atoms with Crippen LogP contribution in [0.3, 0.4) is 0 Å². The van der Waals surface area contributed by atoms with E-state index < -0.39 is 0 Å². The van der Waals surface area contributed by atoms with Gasteiger partial charge in [-0.25, -0.2) is 4.79 Å². The molecule has 0 amide bonds. The molecule has 1 rings (SSSR count). The maximum absolute atomic E-state index is 11.5. The Morgan fingerprint density at radius 2 is 1.94 bits per heavy atom. The summed E-state index contributed by atoms with van der Waals surface area (Å²) < 4.78 is 10.1. The molecule has 0 aliphatic heterocycles. The Morgan fingerprint density at radius 1 is 1.25 bits per heavy atom. The van der Waals surface area contributed by atoms with Crippen LogP contribution in [0.1, 0.15) is 22.8 Å². The summed E-state index contributed by atoms with van der Waals surface area (Å²) in [5, 5.41) is 0. The van der Waals surface area contributed by atoms with Gasteiger partial charge in [-0.2, -0.15) is 0 Å². The van der Waals surface area contributed by atoms with Gasteiger partial charge in [-0.3, -0.25) is 0 Å². The Morgan fingerprint density at radius 3 is 2.50 bits per heavy atom. The highest BCUT2D eigenvalue weighted by Gasteiger charge is 2.05. The van der Waals surface area contributed by atoms with E-state index in [9.17, 15) is 4.79 Å². The predicted octanol–water partition coefficient (Wildman–Crippen LogP) is 1.34. The van der Waals surface area contributed by atoms with Crippen molar-refractivity contribution in [3.05, 3.63) is 35.4 Å². The van der Waals surface area contributed by atoms with Crippen LogP contribution in [0, 0.1) is 0 Å². The van der Waals surface area contributed by atoms with E-state index in [-0.39, 0.29) is 12.6 Å². The number of nitrogens with two attached hydrogens (primary N) is 1. The van der Waals surface area contributed by atoms with E-state index >= 15 is 0 Å². The van der Waals surface area contributed by atoms with Crippen molar-refractivity contribution in [3.63, 3.8) is 0 Å². The molecule has 0 aliphatic carbocycles. The third kappa shape index (κ3) is 4.00. The van der Waals surface area contributed by atoms with Gasteiger partial charge in [0.15, 0.2) is 0 Å². The molecular weight excluding hydrogens is 206 g/mol. The fraction of sp³-hybridized carbons (Fsp3) is 0.417. The lowest BCUT2D eigenvalue weighted by Gasteiger charge is -2.05. The lowest BCUT2D eigenvalue weighted by Crippen LogP contribution is -2.11. The molecule has 0 heterocycles. The molecule has 0 aliphatic rings. The quantitative estimate of drug-likeness (QED) is 0.584. The zero-order valence-electron chi connectivity index (χ0n) is 9.44. The highest BCUT2D eigenvalue weighted by atomic mass is 16.6. The minimum absolute atomic E-state index is 0.283. The third-order valence-corrected chi connectivity index (χ3v) is 2.09. The minimum atomic E-state index is -0.330. The summed E-state index contributed by atoms with van der Waals surface area (Å²) in [6.07, 6.45) is 0. The first-order valence-electron chi connectivity index (χ1n) is 5.31. The molecule has 0 radical (unpaired) electrons. The second-order valence-electron chi connectivity index (χ2n) is 3.23. The molecule has 1 aromatic carbocycles. The summed E-state index contributed by atoms with van der Waals surface area (Å²) in [5.41, 5.74) is 6.98. The van der Waals surface area contributed by atoms with Crippen molar-refractivity contribution < 1.29 is 14.3 Å².